The summed E-state index contributed by atoms with van der Waals surface area (Å²) >= 11 is 3.48. The van der Waals surface area contributed by atoms with Gasteiger partial charge in [-0.25, -0.2) is 0 Å². The van der Waals surface area contributed by atoms with Crippen molar-refractivity contribution < 1.29 is 5.11 Å². The monoisotopic (exact) mass is 318 g/mol. The molecule has 0 radical (unpaired) electrons. The van der Waals surface area contributed by atoms with Gasteiger partial charge in [-0.2, -0.15) is 0 Å². The molecule has 0 saturated heterocycles. The lowest BCUT2D eigenvalue weighted by molar-refractivity contribution is 0.219. The van der Waals surface area contributed by atoms with Gasteiger partial charge < -0.3 is 5.11 Å². The number of aryl methyl sites for hydroxylation is 1. The second kappa shape index (κ2) is 6.88. The van der Waals surface area contributed by atoms with Crippen LogP contribution >= 0.6 is 15.9 Å². The molecule has 0 bridgehead atoms. The summed E-state index contributed by atoms with van der Waals surface area (Å²) < 4.78 is 0.942. The summed E-state index contributed by atoms with van der Waals surface area (Å²) in [6.07, 6.45) is 2.96. The zero-order chi connectivity index (χ0) is 13.7. The molecule has 0 aliphatic heterocycles. The van der Waals surface area contributed by atoms with Crippen molar-refractivity contribution in [2.45, 2.75) is 32.3 Å². The third-order valence-corrected chi connectivity index (χ3v) is 4.04. The molecule has 2 heteroatoms. The zero-order valence-corrected chi connectivity index (χ0v) is 12.7. The average Bonchev–Trinajstić information content (AvgIpc) is 2.45. The SMILES string of the molecule is CCCCc1ccc([C@@H](O)c2ccccc2Br)cc1. The molecule has 1 N–H and O–H groups in total. The first kappa shape index (κ1) is 14.3. The van der Waals surface area contributed by atoms with Crippen LogP contribution in [0.15, 0.2) is 53.0 Å². The molecule has 0 heterocycles. The smallest absolute Gasteiger partial charge is 0.105 e. The molecule has 19 heavy (non-hydrogen) atoms. The van der Waals surface area contributed by atoms with Crippen LogP contribution in [0.25, 0.3) is 0 Å². The highest BCUT2D eigenvalue weighted by Gasteiger charge is 2.12. The molecule has 0 fully saturated rings. The Kier molecular flexibility index (Phi) is 5.17. The van der Waals surface area contributed by atoms with Crippen molar-refractivity contribution in [2.75, 3.05) is 0 Å². The molecule has 0 unspecified atom stereocenters. The maximum absolute atomic E-state index is 10.4. The Bertz CT molecular complexity index is 519. The summed E-state index contributed by atoms with van der Waals surface area (Å²) in [5.74, 6) is 0. The van der Waals surface area contributed by atoms with E-state index in [1.807, 2.05) is 36.4 Å². The van der Waals surface area contributed by atoms with Gasteiger partial charge in [0.15, 0.2) is 0 Å². The van der Waals surface area contributed by atoms with Crippen LogP contribution in [0.3, 0.4) is 0 Å². The molecule has 100 valence electrons. The van der Waals surface area contributed by atoms with Crippen LogP contribution < -0.4 is 0 Å². The van der Waals surface area contributed by atoms with E-state index >= 15 is 0 Å². The fourth-order valence-corrected chi connectivity index (χ4v) is 2.63. The number of aliphatic hydroxyl groups excluding tert-OH is 1. The summed E-state index contributed by atoms with van der Waals surface area (Å²) in [5.41, 5.74) is 3.18. The van der Waals surface area contributed by atoms with E-state index in [1.165, 1.54) is 18.4 Å². The number of benzene rings is 2. The van der Waals surface area contributed by atoms with Crippen LogP contribution in [0.1, 0.15) is 42.6 Å². The molecule has 0 aromatic heterocycles. The Labute approximate surface area is 123 Å². The van der Waals surface area contributed by atoms with Crippen LogP contribution in [-0.4, -0.2) is 5.11 Å². The first-order valence-electron chi connectivity index (χ1n) is 6.73. The highest BCUT2D eigenvalue weighted by atomic mass is 79.9. The van der Waals surface area contributed by atoms with E-state index in [1.54, 1.807) is 0 Å². The van der Waals surface area contributed by atoms with Gasteiger partial charge in [-0.15, -0.1) is 0 Å². The molecular formula is C17H19BrO. The number of unbranched alkanes of at least 4 members (excludes halogenated alkanes) is 1. The zero-order valence-electron chi connectivity index (χ0n) is 11.1. The third-order valence-electron chi connectivity index (χ3n) is 3.31. The average molecular weight is 319 g/mol. The maximum atomic E-state index is 10.4. The van der Waals surface area contributed by atoms with Crippen LogP contribution in [-0.2, 0) is 6.42 Å². The highest BCUT2D eigenvalue weighted by molar-refractivity contribution is 9.10. The fourth-order valence-electron chi connectivity index (χ4n) is 2.12. The van der Waals surface area contributed by atoms with E-state index in [0.29, 0.717) is 0 Å². The molecule has 0 aliphatic carbocycles. The molecule has 2 rings (SSSR count). The van der Waals surface area contributed by atoms with Gasteiger partial charge in [0.05, 0.1) is 0 Å². The van der Waals surface area contributed by atoms with Crippen LogP contribution in [0.5, 0.6) is 0 Å². The molecule has 0 spiro atoms. The van der Waals surface area contributed by atoms with Gasteiger partial charge >= 0.3 is 0 Å². The normalized spacial score (nSPS) is 12.4. The van der Waals surface area contributed by atoms with Gasteiger partial charge in [0.1, 0.15) is 6.10 Å². The lowest BCUT2D eigenvalue weighted by atomic mass is 9.99. The molecule has 1 atom stereocenters. The van der Waals surface area contributed by atoms with Crippen molar-refractivity contribution in [3.8, 4) is 0 Å². The molecule has 0 aliphatic rings. The summed E-state index contributed by atoms with van der Waals surface area (Å²) in [6.45, 7) is 2.20. The van der Waals surface area contributed by atoms with E-state index in [4.69, 9.17) is 0 Å². The van der Waals surface area contributed by atoms with Crippen molar-refractivity contribution in [3.63, 3.8) is 0 Å². The standard InChI is InChI=1S/C17H19BrO/c1-2-3-6-13-9-11-14(12-10-13)17(19)15-7-4-5-8-16(15)18/h4-5,7-12,17,19H,2-3,6H2,1H3/t17-/m1/s1. The number of hydrogen-bond acceptors (Lipinski definition) is 1. The second-order valence-corrected chi connectivity index (χ2v) is 5.62. The van der Waals surface area contributed by atoms with Crippen molar-refractivity contribution in [2.24, 2.45) is 0 Å². The molecule has 2 aromatic rings. The lowest BCUT2D eigenvalue weighted by Crippen LogP contribution is -2.00. The molecule has 0 saturated carbocycles. The molecule has 0 amide bonds. The van der Waals surface area contributed by atoms with Crippen molar-refractivity contribution in [3.05, 3.63) is 69.7 Å². The Hall–Kier alpha value is -1.12. The first-order valence-corrected chi connectivity index (χ1v) is 7.53. The van der Waals surface area contributed by atoms with Gasteiger partial charge in [-0.1, -0.05) is 71.7 Å². The minimum atomic E-state index is -0.573. The number of halogens is 1. The van der Waals surface area contributed by atoms with Gasteiger partial charge in [0.25, 0.3) is 0 Å². The summed E-state index contributed by atoms with van der Waals surface area (Å²) in [7, 11) is 0. The molecule has 2 aromatic carbocycles. The number of rotatable bonds is 5. The van der Waals surface area contributed by atoms with E-state index in [-0.39, 0.29) is 0 Å². The van der Waals surface area contributed by atoms with Crippen molar-refractivity contribution in [1.29, 1.82) is 0 Å². The Morgan fingerprint density at radius 1 is 1.05 bits per heavy atom. The van der Waals surface area contributed by atoms with Crippen LogP contribution in [0, 0.1) is 0 Å². The topological polar surface area (TPSA) is 20.2 Å². The summed E-state index contributed by atoms with van der Waals surface area (Å²) in [4.78, 5) is 0. The van der Waals surface area contributed by atoms with Gasteiger partial charge in [-0.3, -0.25) is 0 Å². The van der Waals surface area contributed by atoms with E-state index in [0.717, 1.165) is 22.0 Å². The summed E-state index contributed by atoms with van der Waals surface area (Å²) in [6, 6.07) is 16.1. The molecular weight excluding hydrogens is 300 g/mol. The van der Waals surface area contributed by atoms with Crippen molar-refractivity contribution >= 4 is 15.9 Å². The minimum absolute atomic E-state index is 0.573. The Balaban J connectivity index is 2.16. The highest BCUT2D eigenvalue weighted by Crippen LogP contribution is 2.28. The Morgan fingerprint density at radius 3 is 2.37 bits per heavy atom. The lowest BCUT2D eigenvalue weighted by Gasteiger charge is -2.13. The maximum Gasteiger partial charge on any atom is 0.105 e. The van der Waals surface area contributed by atoms with Gasteiger partial charge in [0.2, 0.25) is 0 Å². The third kappa shape index (κ3) is 3.68. The van der Waals surface area contributed by atoms with Crippen molar-refractivity contribution in [1.82, 2.24) is 0 Å². The Morgan fingerprint density at radius 2 is 1.74 bits per heavy atom. The number of aliphatic hydroxyl groups is 1. The second-order valence-electron chi connectivity index (χ2n) is 4.77. The predicted molar refractivity (Wildman–Crippen MR) is 83.3 cm³/mol. The first-order chi connectivity index (χ1) is 9.22. The summed E-state index contributed by atoms with van der Waals surface area (Å²) in [5, 5.41) is 10.4. The van der Waals surface area contributed by atoms with Gasteiger partial charge in [0, 0.05) is 4.47 Å². The quantitative estimate of drug-likeness (QED) is 0.833. The fraction of sp³-hybridized carbons (Fsp3) is 0.294. The van der Waals surface area contributed by atoms with Crippen LogP contribution in [0.2, 0.25) is 0 Å². The largest absolute Gasteiger partial charge is 0.384 e. The van der Waals surface area contributed by atoms with Gasteiger partial charge in [-0.05, 0) is 35.6 Å². The number of hydrogen-bond donors (Lipinski definition) is 1. The minimum Gasteiger partial charge on any atom is -0.384 e. The molecule has 1 nitrogen and oxygen atoms in total. The van der Waals surface area contributed by atoms with E-state index in [2.05, 4.69) is 35.0 Å². The van der Waals surface area contributed by atoms with E-state index in [9.17, 15) is 5.11 Å². The predicted octanol–water partition coefficient (Wildman–Crippen LogP) is 4.87. The van der Waals surface area contributed by atoms with Crippen LogP contribution in [0.4, 0.5) is 0 Å². The van der Waals surface area contributed by atoms with E-state index < -0.39 is 6.10 Å².